The van der Waals surface area contributed by atoms with Gasteiger partial charge in [-0.05, 0) is 44.9 Å². The number of carbonyl (C=O) groups is 2. The molecule has 0 spiro atoms. The number of methoxy groups -OCH3 is 2. The van der Waals surface area contributed by atoms with Crippen molar-refractivity contribution in [3.63, 3.8) is 0 Å². The van der Waals surface area contributed by atoms with Gasteiger partial charge in [-0.2, -0.15) is 0 Å². The van der Waals surface area contributed by atoms with Gasteiger partial charge in [-0.3, -0.25) is 4.79 Å². The van der Waals surface area contributed by atoms with Gasteiger partial charge in [-0.25, -0.2) is 9.18 Å². The number of ketones is 1. The Labute approximate surface area is 198 Å². The molecule has 1 aromatic carbocycles. The number of Topliss-reactive ketones (excluding diaryl/α,β-unsaturated/α-hetero) is 1. The van der Waals surface area contributed by atoms with E-state index in [1.807, 2.05) is 0 Å². The lowest BCUT2D eigenvalue weighted by Crippen LogP contribution is -2.32. The molecule has 0 saturated carbocycles. The fourth-order valence-corrected chi connectivity index (χ4v) is 3.79. The average molecular weight is 479 g/mol. The monoisotopic (exact) mass is 478 g/mol. The van der Waals surface area contributed by atoms with Crippen molar-refractivity contribution in [2.45, 2.75) is 58.2 Å². The van der Waals surface area contributed by atoms with E-state index in [2.05, 4.69) is 0 Å². The largest absolute Gasteiger partial charge is 0.497 e. The summed E-state index contributed by atoms with van der Waals surface area (Å²) in [6.07, 6.45) is 2.23. The molecule has 9 heteroatoms. The standard InChI is InChI=1S/C25H31FO8/c1-14-10-18(26)22(27)23-19(33-25(3,4)34-23)9-7-8-16-11-17(30-6)12-20(31-13-29-5)21(16)24(28)32-15(14)2/h7-8,10-12,14-15,19,23H,9,13H2,1-6H3/b8-7?,18-10+/t14-,15+,19?,23?/m1/s1. The zero-order valence-electron chi connectivity index (χ0n) is 20.3. The van der Waals surface area contributed by atoms with Crippen molar-refractivity contribution < 1.29 is 42.4 Å². The van der Waals surface area contributed by atoms with E-state index >= 15 is 0 Å². The first-order chi connectivity index (χ1) is 16.1. The average Bonchev–Trinajstić information content (AvgIpc) is 3.09. The minimum Gasteiger partial charge on any atom is -0.497 e. The number of hydrogen-bond donors (Lipinski definition) is 0. The van der Waals surface area contributed by atoms with Gasteiger partial charge < -0.3 is 28.4 Å². The van der Waals surface area contributed by atoms with Crippen LogP contribution >= 0.6 is 0 Å². The van der Waals surface area contributed by atoms with E-state index in [9.17, 15) is 14.0 Å². The van der Waals surface area contributed by atoms with Crippen LogP contribution in [0.2, 0.25) is 0 Å². The summed E-state index contributed by atoms with van der Waals surface area (Å²) in [6, 6.07) is 3.24. The Morgan fingerprint density at radius 1 is 1.15 bits per heavy atom. The zero-order valence-corrected chi connectivity index (χ0v) is 20.3. The van der Waals surface area contributed by atoms with Gasteiger partial charge in [-0.15, -0.1) is 0 Å². The van der Waals surface area contributed by atoms with Gasteiger partial charge in [0.1, 0.15) is 23.2 Å². The summed E-state index contributed by atoms with van der Waals surface area (Å²) in [4.78, 5) is 26.0. The van der Waals surface area contributed by atoms with E-state index < -0.39 is 47.6 Å². The minimum atomic E-state index is -1.10. The molecule has 34 heavy (non-hydrogen) atoms. The number of carbonyl (C=O) groups excluding carboxylic acids is 2. The summed E-state index contributed by atoms with van der Waals surface area (Å²) in [5, 5.41) is 0. The SMILES string of the molecule is COCOc1cc(OC)cc2c1C(=O)O[C@@H](C)[C@H](C)/C=C(/F)C(=O)C1OC(C)(C)OC1CC=C2. The molecule has 1 saturated heterocycles. The molecule has 0 N–H and O–H groups in total. The Bertz CT molecular complexity index is 983. The number of cyclic esters (lactones) is 1. The molecule has 0 aliphatic carbocycles. The van der Waals surface area contributed by atoms with E-state index in [-0.39, 0.29) is 24.5 Å². The predicted octanol–water partition coefficient (Wildman–Crippen LogP) is 4.22. The van der Waals surface area contributed by atoms with Crippen LogP contribution in [0.3, 0.4) is 0 Å². The van der Waals surface area contributed by atoms with E-state index in [1.54, 1.807) is 52.0 Å². The molecule has 186 valence electrons. The lowest BCUT2D eigenvalue weighted by Gasteiger charge is -2.21. The Morgan fingerprint density at radius 2 is 1.88 bits per heavy atom. The number of hydrogen-bond acceptors (Lipinski definition) is 8. The second-order valence-corrected chi connectivity index (χ2v) is 8.72. The van der Waals surface area contributed by atoms with Crippen molar-refractivity contribution in [2.75, 3.05) is 21.0 Å². The van der Waals surface area contributed by atoms with Crippen molar-refractivity contribution in [1.82, 2.24) is 0 Å². The normalized spacial score (nSPS) is 28.7. The molecular weight excluding hydrogens is 447 g/mol. The van der Waals surface area contributed by atoms with Crippen molar-refractivity contribution in [2.24, 2.45) is 5.92 Å². The lowest BCUT2D eigenvalue weighted by atomic mass is 9.99. The third kappa shape index (κ3) is 5.84. The molecule has 3 rings (SSSR count). The van der Waals surface area contributed by atoms with Crippen molar-refractivity contribution >= 4 is 17.8 Å². The molecule has 8 nitrogen and oxygen atoms in total. The quantitative estimate of drug-likeness (QED) is 0.470. The number of benzene rings is 1. The second-order valence-electron chi connectivity index (χ2n) is 8.72. The number of halogens is 1. The maximum absolute atomic E-state index is 14.9. The first-order valence-corrected chi connectivity index (χ1v) is 11.0. The summed E-state index contributed by atoms with van der Waals surface area (Å²) < 4.78 is 48.0. The Hall–Kier alpha value is -2.75. The maximum atomic E-state index is 14.9. The highest BCUT2D eigenvalue weighted by atomic mass is 19.1. The summed E-state index contributed by atoms with van der Waals surface area (Å²) in [6.45, 7) is 6.52. The van der Waals surface area contributed by atoms with Crippen LogP contribution in [0.5, 0.6) is 11.5 Å². The molecule has 0 radical (unpaired) electrons. The molecule has 2 heterocycles. The summed E-state index contributed by atoms with van der Waals surface area (Å²) >= 11 is 0. The highest BCUT2D eigenvalue weighted by Crippen LogP contribution is 2.35. The Morgan fingerprint density at radius 3 is 2.56 bits per heavy atom. The van der Waals surface area contributed by atoms with Crippen molar-refractivity contribution in [1.29, 1.82) is 0 Å². The van der Waals surface area contributed by atoms with Gasteiger partial charge in [0.2, 0.25) is 5.78 Å². The van der Waals surface area contributed by atoms with Crippen LogP contribution in [0.4, 0.5) is 4.39 Å². The fourth-order valence-electron chi connectivity index (χ4n) is 3.79. The van der Waals surface area contributed by atoms with Crippen LogP contribution in [0.15, 0.2) is 30.1 Å². The van der Waals surface area contributed by atoms with Crippen LogP contribution in [0, 0.1) is 5.92 Å². The molecule has 1 aromatic rings. The molecule has 2 unspecified atom stereocenters. The van der Waals surface area contributed by atoms with Crippen molar-refractivity contribution in [3.05, 3.63) is 41.2 Å². The molecule has 1 fully saturated rings. The van der Waals surface area contributed by atoms with Crippen LogP contribution in [0.1, 0.15) is 50.0 Å². The van der Waals surface area contributed by atoms with E-state index in [4.69, 9.17) is 28.4 Å². The zero-order chi connectivity index (χ0) is 25.0. The molecule has 0 amide bonds. The first-order valence-electron chi connectivity index (χ1n) is 11.0. The van der Waals surface area contributed by atoms with Crippen LogP contribution < -0.4 is 9.47 Å². The number of esters is 1. The highest BCUT2D eigenvalue weighted by molar-refractivity contribution is 5.98. The van der Waals surface area contributed by atoms with Crippen LogP contribution in [0.25, 0.3) is 6.08 Å². The van der Waals surface area contributed by atoms with Crippen LogP contribution in [-0.2, 0) is 23.7 Å². The third-order valence-electron chi connectivity index (χ3n) is 5.66. The third-order valence-corrected chi connectivity index (χ3v) is 5.66. The number of rotatable bonds is 4. The molecular formula is C25H31FO8. The summed E-state index contributed by atoms with van der Waals surface area (Å²) in [5.41, 5.74) is 0.654. The maximum Gasteiger partial charge on any atom is 0.342 e. The molecule has 4 atom stereocenters. The first kappa shape index (κ1) is 25.9. The molecule has 0 aromatic heterocycles. The summed E-state index contributed by atoms with van der Waals surface area (Å²) in [7, 11) is 2.96. The number of ether oxygens (including phenoxy) is 6. The van der Waals surface area contributed by atoms with E-state index in [1.165, 1.54) is 14.2 Å². The predicted molar refractivity (Wildman–Crippen MR) is 121 cm³/mol. The van der Waals surface area contributed by atoms with Gasteiger partial charge in [0.05, 0.1) is 13.2 Å². The van der Waals surface area contributed by atoms with E-state index in [0.29, 0.717) is 11.3 Å². The lowest BCUT2D eigenvalue weighted by molar-refractivity contribution is -0.153. The van der Waals surface area contributed by atoms with Crippen LogP contribution in [-0.4, -0.2) is 56.9 Å². The van der Waals surface area contributed by atoms with Gasteiger partial charge in [0.25, 0.3) is 0 Å². The molecule has 2 aliphatic heterocycles. The van der Waals surface area contributed by atoms with Gasteiger partial charge >= 0.3 is 5.97 Å². The fraction of sp³-hybridized carbons (Fsp3) is 0.520. The Balaban J connectivity index is 2.10. The van der Waals surface area contributed by atoms with Crippen molar-refractivity contribution in [3.8, 4) is 11.5 Å². The van der Waals surface area contributed by atoms with E-state index in [0.717, 1.165) is 6.08 Å². The topological polar surface area (TPSA) is 89.5 Å². The van der Waals surface area contributed by atoms with Gasteiger partial charge in [0.15, 0.2) is 24.5 Å². The highest BCUT2D eigenvalue weighted by Gasteiger charge is 2.45. The molecule has 2 aliphatic rings. The van der Waals surface area contributed by atoms with Gasteiger partial charge in [0, 0.05) is 19.1 Å². The smallest absolute Gasteiger partial charge is 0.342 e. The second kappa shape index (κ2) is 10.7. The summed E-state index contributed by atoms with van der Waals surface area (Å²) in [5.74, 6) is -3.38. The number of fused-ring (bicyclic) bond motifs is 2. The Kier molecular flexibility index (Phi) is 8.12. The molecule has 0 bridgehead atoms. The minimum absolute atomic E-state index is 0.0946. The van der Waals surface area contributed by atoms with Gasteiger partial charge in [-0.1, -0.05) is 19.1 Å².